The van der Waals surface area contributed by atoms with Crippen LogP contribution < -0.4 is 5.14 Å². The Morgan fingerprint density at radius 2 is 1.48 bits per heavy atom. The van der Waals surface area contributed by atoms with Crippen molar-refractivity contribution in [3.8, 4) is 0 Å². The van der Waals surface area contributed by atoms with Gasteiger partial charge in [0.2, 0.25) is 15.8 Å². The van der Waals surface area contributed by atoms with Gasteiger partial charge in [-0.3, -0.25) is 14.4 Å². The van der Waals surface area contributed by atoms with Crippen LogP contribution in [0.1, 0.15) is 51.5 Å². The lowest BCUT2D eigenvalue weighted by Gasteiger charge is -2.35. The molecule has 0 spiro atoms. The van der Waals surface area contributed by atoms with Crippen molar-refractivity contribution in [2.75, 3.05) is 0 Å². The van der Waals surface area contributed by atoms with Gasteiger partial charge in [0.15, 0.2) is 17.3 Å². The van der Waals surface area contributed by atoms with E-state index in [0.717, 1.165) is 0 Å². The number of allylic oxidation sites excluding steroid dienone is 4. The fourth-order valence-electron chi connectivity index (χ4n) is 4.45. The largest absolute Gasteiger partial charge is 0.457 e. The monoisotopic (exact) mass is 435 g/mol. The van der Waals surface area contributed by atoms with Crippen LogP contribution in [-0.4, -0.2) is 25.8 Å². The molecule has 2 aromatic rings. The maximum atomic E-state index is 13.4. The van der Waals surface area contributed by atoms with Crippen molar-refractivity contribution in [2.24, 2.45) is 5.14 Å². The Balaban J connectivity index is 1.73. The Morgan fingerprint density at radius 3 is 2.13 bits per heavy atom. The molecule has 3 aliphatic rings. The van der Waals surface area contributed by atoms with E-state index >= 15 is 0 Å². The van der Waals surface area contributed by atoms with Gasteiger partial charge in [-0.15, -0.1) is 0 Å². The summed E-state index contributed by atoms with van der Waals surface area (Å²) in [6.45, 7) is 0. The number of hydrogen-bond acceptors (Lipinski definition) is 6. The second-order valence-electron chi connectivity index (χ2n) is 7.71. The second-order valence-corrected chi connectivity index (χ2v) is 9.27. The lowest BCUT2D eigenvalue weighted by molar-refractivity contribution is -0.116. The van der Waals surface area contributed by atoms with Crippen LogP contribution in [0.15, 0.2) is 76.1 Å². The molecule has 0 radical (unpaired) electrons. The predicted octanol–water partition coefficient (Wildman–Crippen LogP) is 2.79. The second kappa shape index (κ2) is 6.83. The summed E-state index contributed by atoms with van der Waals surface area (Å²) in [5.41, 5.74) is 1.51. The summed E-state index contributed by atoms with van der Waals surface area (Å²) in [6.07, 6.45) is 1.39. The standard InChI is InChI=1S/C23H17NO6S/c24-31(28,29)13-10-8-12(9-11-13)18-19-16(25)6-3-7-17(19)30-23-20(18)21(26)14-4-1-2-5-15(14)22(23)27/h1-2,4-5,8-11,18H,3,6-7H2,(H2,24,28,29). The van der Waals surface area contributed by atoms with E-state index in [1.165, 1.54) is 24.3 Å². The van der Waals surface area contributed by atoms with Crippen molar-refractivity contribution in [1.29, 1.82) is 0 Å². The van der Waals surface area contributed by atoms with Crippen LogP contribution in [0.25, 0.3) is 0 Å². The van der Waals surface area contributed by atoms with Gasteiger partial charge in [-0.05, 0) is 24.1 Å². The molecule has 156 valence electrons. The van der Waals surface area contributed by atoms with E-state index in [9.17, 15) is 22.8 Å². The number of carbonyl (C=O) groups excluding carboxylic acids is 3. The first kappa shape index (κ1) is 19.6. The molecule has 0 amide bonds. The van der Waals surface area contributed by atoms with Crippen LogP contribution in [0.2, 0.25) is 0 Å². The fourth-order valence-corrected chi connectivity index (χ4v) is 4.96. The third-order valence-corrected chi connectivity index (χ3v) is 6.79. The van der Waals surface area contributed by atoms with E-state index < -0.39 is 21.7 Å². The highest BCUT2D eigenvalue weighted by Crippen LogP contribution is 2.48. The molecule has 0 aromatic heterocycles. The van der Waals surface area contributed by atoms with E-state index in [1.54, 1.807) is 24.3 Å². The molecule has 1 unspecified atom stereocenters. The zero-order chi connectivity index (χ0) is 21.9. The predicted molar refractivity (Wildman–Crippen MR) is 110 cm³/mol. The molecule has 0 saturated carbocycles. The zero-order valence-corrected chi connectivity index (χ0v) is 17.1. The van der Waals surface area contributed by atoms with E-state index in [0.29, 0.717) is 36.2 Å². The average Bonchev–Trinajstić information content (AvgIpc) is 2.76. The van der Waals surface area contributed by atoms with E-state index in [2.05, 4.69) is 0 Å². The third-order valence-electron chi connectivity index (χ3n) is 5.86. The Bertz CT molecular complexity index is 1350. The van der Waals surface area contributed by atoms with Crippen molar-refractivity contribution in [1.82, 2.24) is 0 Å². The van der Waals surface area contributed by atoms with Crippen LogP contribution >= 0.6 is 0 Å². The Morgan fingerprint density at radius 1 is 0.839 bits per heavy atom. The van der Waals surface area contributed by atoms with Gasteiger partial charge in [0.1, 0.15) is 5.76 Å². The number of benzene rings is 2. The molecular formula is C23H17NO6S. The molecule has 1 aliphatic heterocycles. The van der Waals surface area contributed by atoms with Crippen LogP contribution in [0.5, 0.6) is 0 Å². The highest BCUT2D eigenvalue weighted by molar-refractivity contribution is 7.89. The molecule has 1 atom stereocenters. The molecule has 7 nitrogen and oxygen atoms in total. The number of ether oxygens (including phenoxy) is 1. The van der Waals surface area contributed by atoms with Crippen LogP contribution in [0.4, 0.5) is 0 Å². The number of fused-ring (bicyclic) bond motifs is 1. The summed E-state index contributed by atoms with van der Waals surface area (Å²) >= 11 is 0. The molecule has 5 rings (SSSR count). The average molecular weight is 435 g/mol. The fraction of sp³-hybridized carbons (Fsp3) is 0.174. The van der Waals surface area contributed by atoms with Crippen molar-refractivity contribution >= 4 is 27.4 Å². The molecule has 1 heterocycles. The van der Waals surface area contributed by atoms with Crippen molar-refractivity contribution < 1.29 is 27.5 Å². The Hall–Kier alpha value is -3.36. The lowest BCUT2D eigenvalue weighted by Crippen LogP contribution is -2.34. The number of sulfonamides is 1. The summed E-state index contributed by atoms with van der Waals surface area (Å²) < 4.78 is 29.2. The molecule has 2 N–H and O–H groups in total. The number of ketones is 3. The number of nitrogens with two attached hydrogens (primary N) is 1. The number of carbonyl (C=O) groups is 3. The third kappa shape index (κ3) is 2.98. The van der Waals surface area contributed by atoms with Crippen LogP contribution in [0.3, 0.4) is 0 Å². The van der Waals surface area contributed by atoms with Gasteiger partial charge in [0.05, 0.1) is 10.5 Å². The summed E-state index contributed by atoms with van der Waals surface area (Å²) in [7, 11) is -3.90. The molecule has 8 heteroatoms. The van der Waals surface area contributed by atoms with Gasteiger partial charge in [-0.1, -0.05) is 36.4 Å². The van der Waals surface area contributed by atoms with E-state index in [4.69, 9.17) is 9.88 Å². The van der Waals surface area contributed by atoms with Crippen molar-refractivity contribution in [3.63, 3.8) is 0 Å². The van der Waals surface area contributed by atoms with Gasteiger partial charge < -0.3 is 4.74 Å². The molecular weight excluding hydrogens is 418 g/mol. The summed E-state index contributed by atoms with van der Waals surface area (Å²) in [4.78, 5) is 39.4. The number of Topliss-reactive ketones (excluding diaryl/α,β-unsaturated/α-hetero) is 3. The molecule has 31 heavy (non-hydrogen) atoms. The maximum Gasteiger partial charge on any atom is 0.238 e. The maximum absolute atomic E-state index is 13.4. The normalized spacial score (nSPS) is 20.8. The quantitative estimate of drug-likeness (QED) is 0.774. The summed E-state index contributed by atoms with van der Waals surface area (Å²) in [5.74, 6) is -1.40. The topological polar surface area (TPSA) is 121 Å². The first-order chi connectivity index (χ1) is 14.8. The lowest BCUT2D eigenvalue weighted by atomic mass is 9.72. The first-order valence-corrected chi connectivity index (χ1v) is 11.3. The molecule has 0 fully saturated rings. The van der Waals surface area contributed by atoms with E-state index in [1.807, 2.05) is 0 Å². The van der Waals surface area contributed by atoms with Crippen LogP contribution in [-0.2, 0) is 19.6 Å². The highest BCUT2D eigenvalue weighted by atomic mass is 32.2. The minimum atomic E-state index is -3.90. The zero-order valence-electron chi connectivity index (χ0n) is 16.3. The SMILES string of the molecule is NS(=O)(=O)c1ccc(C2C3=C(CCCC3=O)OC3=C2C(=O)c2ccccc2C3=O)cc1. The minimum Gasteiger partial charge on any atom is -0.457 e. The summed E-state index contributed by atoms with van der Waals surface area (Å²) in [5, 5.41) is 5.19. The van der Waals surface area contributed by atoms with E-state index in [-0.39, 0.29) is 38.9 Å². The number of hydrogen-bond donors (Lipinski definition) is 1. The Kier molecular flexibility index (Phi) is 4.32. The molecule has 0 saturated heterocycles. The van der Waals surface area contributed by atoms with Gasteiger partial charge in [-0.2, -0.15) is 0 Å². The number of rotatable bonds is 2. The van der Waals surface area contributed by atoms with Crippen LogP contribution in [0, 0.1) is 0 Å². The van der Waals surface area contributed by atoms with Crippen molar-refractivity contribution in [2.45, 2.75) is 30.1 Å². The van der Waals surface area contributed by atoms with Gasteiger partial charge in [0.25, 0.3) is 0 Å². The smallest absolute Gasteiger partial charge is 0.238 e. The molecule has 2 aromatic carbocycles. The minimum absolute atomic E-state index is 0.0577. The highest BCUT2D eigenvalue weighted by Gasteiger charge is 2.46. The van der Waals surface area contributed by atoms with Gasteiger partial charge >= 0.3 is 0 Å². The first-order valence-electron chi connectivity index (χ1n) is 9.77. The Labute approximate surface area is 178 Å². The van der Waals surface area contributed by atoms with Gasteiger partial charge in [0, 0.05) is 35.5 Å². The van der Waals surface area contributed by atoms with Crippen molar-refractivity contribution in [3.05, 3.63) is 87.9 Å². The molecule has 0 bridgehead atoms. The van der Waals surface area contributed by atoms with Gasteiger partial charge in [-0.25, -0.2) is 13.6 Å². The number of primary sulfonamides is 1. The summed E-state index contributed by atoms with van der Waals surface area (Å²) in [6, 6.07) is 12.2. The molecule has 2 aliphatic carbocycles.